The second-order valence-corrected chi connectivity index (χ2v) is 5.61. The Balaban J connectivity index is 2.07. The van der Waals surface area contributed by atoms with Crippen LogP contribution in [-0.4, -0.2) is 31.1 Å². The van der Waals surface area contributed by atoms with E-state index in [-0.39, 0.29) is 6.10 Å². The van der Waals surface area contributed by atoms with Gasteiger partial charge in [-0.2, -0.15) is 0 Å². The van der Waals surface area contributed by atoms with Crippen LogP contribution in [0.15, 0.2) is 22.7 Å². The highest BCUT2D eigenvalue weighted by Gasteiger charge is 2.28. The van der Waals surface area contributed by atoms with Gasteiger partial charge in [0.1, 0.15) is 0 Å². The number of halogens is 1. The monoisotopic (exact) mass is 297 g/mol. The SMILES string of the molecule is CN(CC1CC(O)C1)c1ccc(Br)cc1C=O. The van der Waals surface area contributed by atoms with Crippen LogP contribution in [0, 0.1) is 5.92 Å². The predicted octanol–water partition coefficient (Wildman–Crippen LogP) is 2.47. The maximum atomic E-state index is 11.0. The van der Waals surface area contributed by atoms with Gasteiger partial charge in [-0.15, -0.1) is 0 Å². The number of nitrogens with zero attached hydrogens (tertiary/aromatic N) is 1. The maximum Gasteiger partial charge on any atom is 0.152 e. The van der Waals surface area contributed by atoms with Crippen LogP contribution in [0.4, 0.5) is 5.69 Å². The Kier molecular flexibility index (Phi) is 3.84. The van der Waals surface area contributed by atoms with Crippen molar-refractivity contribution >= 4 is 27.9 Å². The van der Waals surface area contributed by atoms with Crippen molar-refractivity contribution in [2.24, 2.45) is 5.92 Å². The number of aliphatic hydroxyl groups excluding tert-OH is 1. The van der Waals surface area contributed by atoms with Gasteiger partial charge in [0.25, 0.3) is 0 Å². The molecule has 0 spiro atoms. The summed E-state index contributed by atoms with van der Waals surface area (Å²) >= 11 is 3.36. The smallest absolute Gasteiger partial charge is 0.152 e. The molecule has 0 bridgehead atoms. The van der Waals surface area contributed by atoms with E-state index in [1.807, 2.05) is 25.2 Å². The Morgan fingerprint density at radius 3 is 2.82 bits per heavy atom. The molecule has 1 aliphatic carbocycles. The number of hydrogen-bond donors (Lipinski definition) is 1. The Morgan fingerprint density at radius 2 is 2.24 bits per heavy atom. The Hall–Kier alpha value is -0.870. The minimum absolute atomic E-state index is 0.121. The molecule has 3 nitrogen and oxygen atoms in total. The first kappa shape index (κ1) is 12.6. The van der Waals surface area contributed by atoms with E-state index in [0.29, 0.717) is 11.5 Å². The highest BCUT2D eigenvalue weighted by molar-refractivity contribution is 9.10. The molecule has 0 radical (unpaired) electrons. The van der Waals surface area contributed by atoms with E-state index in [2.05, 4.69) is 20.8 Å². The van der Waals surface area contributed by atoms with Crippen LogP contribution in [0.25, 0.3) is 0 Å². The average molecular weight is 298 g/mol. The standard InChI is InChI=1S/C13H16BrNO2/c1-15(7-9-4-12(17)5-9)13-3-2-11(14)6-10(13)8-16/h2-3,6,8-9,12,17H,4-5,7H2,1H3. The third-order valence-electron chi connectivity index (χ3n) is 3.27. The zero-order valence-corrected chi connectivity index (χ0v) is 11.4. The Labute approximate surface area is 110 Å². The number of benzene rings is 1. The number of aldehydes is 1. The summed E-state index contributed by atoms with van der Waals surface area (Å²) < 4.78 is 0.913. The van der Waals surface area contributed by atoms with Crippen molar-refractivity contribution in [2.75, 3.05) is 18.5 Å². The van der Waals surface area contributed by atoms with Crippen molar-refractivity contribution in [2.45, 2.75) is 18.9 Å². The van der Waals surface area contributed by atoms with E-state index in [1.54, 1.807) is 0 Å². The highest BCUT2D eigenvalue weighted by atomic mass is 79.9. The normalized spacial score (nSPS) is 23.0. The molecule has 0 atom stereocenters. The van der Waals surface area contributed by atoms with Gasteiger partial charge in [0.2, 0.25) is 0 Å². The lowest BCUT2D eigenvalue weighted by atomic mass is 9.82. The van der Waals surface area contributed by atoms with E-state index >= 15 is 0 Å². The van der Waals surface area contributed by atoms with E-state index in [0.717, 1.165) is 35.8 Å². The second-order valence-electron chi connectivity index (χ2n) is 4.69. The average Bonchev–Trinajstić information content (AvgIpc) is 2.26. The fourth-order valence-electron chi connectivity index (χ4n) is 2.30. The first-order chi connectivity index (χ1) is 8.10. The summed E-state index contributed by atoms with van der Waals surface area (Å²) in [6, 6.07) is 5.71. The summed E-state index contributed by atoms with van der Waals surface area (Å²) in [5, 5.41) is 9.26. The van der Waals surface area contributed by atoms with Crippen molar-refractivity contribution in [3.05, 3.63) is 28.2 Å². The van der Waals surface area contributed by atoms with Gasteiger partial charge < -0.3 is 10.0 Å². The molecule has 2 rings (SSSR count). The Bertz CT molecular complexity index is 416. The molecule has 1 saturated carbocycles. The molecule has 1 N–H and O–H groups in total. The van der Waals surface area contributed by atoms with Crippen molar-refractivity contribution in [1.82, 2.24) is 0 Å². The minimum Gasteiger partial charge on any atom is -0.393 e. The first-order valence-corrected chi connectivity index (χ1v) is 6.53. The minimum atomic E-state index is -0.121. The van der Waals surface area contributed by atoms with Crippen LogP contribution in [-0.2, 0) is 0 Å². The van der Waals surface area contributed by atoms with Gasteiger partial charge in [-0.25, -0.2) is 0 Å². The van der Waals surface area contributed by atoms with Gasteiger partial charge in [0, 0.05) is 29.3 Å². The summed E-state index contributed by atoms with van der Waals surface area (Å²) in [4.78, 5) is 13.1. The zero-order chi connectivity index (χ0) is 12.4. The van der Waals surface area contributed by atoms with Crippen LogP contribution in [0.3, 0.4) is 0 Å². The van der Waals surface area contributed by atoms with Crippen molar-refractivity contribution in [3.63, 3.8) is 0 Å². The number of aliphatic hydroxyl groups is 1. The number of hydrogen-bond acceptors (Lipinski definition) is 3. The molecule has 1 aliphatic rings. The molecule has 0 saturated heterocycles. The highest BCUT2D eigenvalue weighted by Crippen LogP contribution is 2.30. The van der Waals surface area contributed by atoms with Crippen molar-refractivity contribution < 1.29 is 9.90 Å². The number of anilines is 1. The molecule has 92 valence electrons. The molecular weight excluding hydrogens is 282 g/mol. The van der Waals surface area contributed by atoms with Gasteiger partial charge in [-0.3, -0.25) is 4.79 Å². The molecule has 1 aromatic rings. The zero-order valence-electron chi connectivity index (χ0n) is 9.77. The number of rotatable bonds is 4. The molecule has 1 aromatic carbocycles. The van der Waals surface area contributed by atoms with E-state index in [1.165, 1.54) is 0 Å². The largest absolute Gasteiger partial charge is 0.393 e. The summed E-state index contributed by atoms with van der Waals surface area (Å²) in [5.74, 6) is 0.540. The van der Waals surface area contributed by atoms with E-state index < -0.39 is 0 Å². The second kappa shape index (κ2) is 5.19. The third kappa shape index (κ3) is 2.87. The first-order valence-electron chi connectivity index (χ1n) is 5.74. The fraction of sp³-hybridized carbons (Fsp3) is 0.462. The lowest BCUT2D eigenvalue weighted by Gasteiger charge is -2.35. The van der Waals surface area contributed by atoms with Gasteiger partial charge in [0.05, 0.1) is 6.10 Å². The molecule has 17 heavy (non-hydrogen) atoms. The molecular formula is C13H16BrNO2. The van der Waals surface area contributed by atoms with Crippen LogP contribution >= 0.6 is 15.9 Å². The maximum absolute atomic E-state index is 11.0. The lowest BCUT2D eigenvalue weighted by molar-refractivity contribution is 0.0464. The molecule has 0 aliphatic heterocycles. The Morgan fingerprint density at radius 1 is 1.53 bits per heavy atom. The van der Waals surface area contributed by atoms with Crippen LogP contribution < -0.4 is 4.90 Å². The van der Waals surface area contributed by atoms with E-state index in [4.69, 9.17) is 0 Å². The summed E-state index contributed by atoms with van der Waals surface area (Å²) in [7, 11) is 1.99. The van der Waals surface area contributed by atoms with E-state index in [9.17, 15) is 9.90 Å². The summed E-state index contributed by atoms with van der Waals surface area (Å²) in [6.07, 6.45) is 2.50. The molecule has 0 aromatic heterocycles. The molecule has 0 heterocycles. The molecule has 0 unspecified atom stereocenters. The quantitative estimate of drug-likeness (QED) is 0.868. The van der Waals surface area contributed by atoms with Gasteiger partial charge in [-0.05, 0) is 37.0 Å². The summed E-state index contributed by atoms with van der Waals surface area (Å²) in [5.41, 5.74) is 1.64. The predicted molar refractivity (Wildman–Crippen MR) is 71.5 cm³/mol. The van der Waals surface area contributed by atoms with Crippen molar-refractivity contribution in [3.8, 4) is 0 Å². The molecule has 4 heteroatoms. The number of carbonyl (C=O) groups excluding carboxylic acids is 1. The van der Waals surface area contributed by atoms with Crippen LogP contribution in [0.2, 0.25) is 0 Å². The molecule has 1 fully saturated rings. The fourth-order valence-corrected chi connectivity index (χ4v) is 2.68. The molecule has 0 amide bonds. The van der Waals surface area contributed by atoms with Crippen LogP contribution in [0.5, 0.6) is 0 Å². The van der Waals surface area contributed by atoms with Gasteiger partial charge in [-0.1, -0.05) is 15.9 Å². The third-order valence-corrected chi connectivity index (χ3v) is 3.76. The van der Waals surface area contributed by atoms with Crippen LogP contribution in [0.1, 0.15) is 23.2 Å². The lowest BCUT2D eigenvalue weighted by Crippen LogP contribution is -2.37. The van der Waals surface area contributed by atoms with Crippen molar-refractivity contribution in [1.29, 1.82) is 0 Å². The number of carbonyl (C=O) groups is 1. The van der Waals surface area contributed by atoms with Gasteiger partial charge in [0.15, 0.2) is 6.29 Å². The van der Waals surface area contributed by atoms with Gasteiger partial charge >= 0.3 is 0 Å². The topological polar surface area (TPSA) is 40.5 Å². The summed E-state index contributed by atoms with van der Waals surface area (Å²) in [6.45, 7) is 0.888.